The van der Waals surface area contributed by atoms with Crippen molar-refractivity contribution in [3.8, 4) is 0 Å². The first-order chi connectivity index (χ1) is 24.1. The molecule has 6 aromatic carbocycles. The Hall–Kier alpha value is -5.32. The summed E-state index contributed by atoms with van der Waals surface area (Å²) in [4.78, 5) is 10.7. The van der Waals surface area contributed by atoms with E-state index in [1.165, 1.54) is 27.8 Å². The fraction of sp³-hybridized carbons (Fsp3) is 0.109. The fourth-order valence-corrected chi connectivity index (χ4v) is 5.25. The summed E-state index contributed by atoms with van der Waals surface area (Å²) in [5, 5.41) is 3.59. The van der Waals surface area contributed by atoms with Crippen molar-refractivity contribution in [1.82, 2.24) is 5.32 Å². The zero-order chi connectivity index (χ0) is 34.5. The van der Waals surface area contributed by atoms with E-state index in [0.717, 1.165) is 29.5 Å². The molecule has 0 aliphatic rings. The Kier molecular flexibility index (Phi) is 17.5. The van der Waals surface area contributed by atoms with Crippen molar-refractivity contribution in [2.75, 3.05) is 6.54 Å². The van der Waals surface area contributed by atoms with Crippen molar-refractivity contribution in [2.24, 2.45) is 5.73 Å². The van der Waals surface area contributed by atoms with Gasteiger partial charge in [0, 0.05) is 18.6 Å². The van der Waals surface area contributed by atoms with E-state index in [4.69, 9.17) is 5.73 Å². The average Bonchev–Trinajstić information content (AvgIpc) is 3.18. The largest absolute Gasteiger partial charge is 0.324 e. The quantitative estimate of drug-likeness (QED) is 0.112. The molecule has 0 radical (unpaired) electrons. The van der Waals surface area contributed by atoms with Gasteiger partial charge in [0.25, 0.3) is 0 Å². The molecule has 0 heterocycles. The molecule has 0 bridgehead atoms. The van der Waals surface area contributed by atoms with Crippen molar-refractivity contribution < 1.29 is 4.79 Å². The maximum atomic E-state index is 10.7. The smallest absolute Gasteiger partial charge is 0.143 e. The van der Waals surface area contributed by atoms with Crippen LogP contribution in [0.25, 0.3) is 11.1 Å². The average molecular weight is 679 g/mol. The van der Waals surface area contributed by atoms with E-state index in [1.54, 1.807) is 6.08 Å². The third-order valence-electron chi connectivity index (χ3n) is 7.93. The van der Waals surface area contributed by atoms with Gasteiger partial charge < -0.3 is 11.1 Å². The zero-order valence-corrected chi connectivity index (χ0v) is 29.6. The van der Waals surface area contributed by atoms with Gasteiger partial charge in [-0.3, -0.25) is 4.79 Å². The highest BCUT2D eigenvalue weighted by Crippen LogP contribution is 2.24. The molecule has 0 unspecified atom stereocenters. The predicted octanol–water partition coefficient (Wildman–Crippen LogP) is 10.9. The first kappa shape index (κ1) is 39.1. The standard InChI is InChI=1S/C23H23N.C15H12O.C8H11N.ClH/c1-19(20-11-5-2-6-12-20)24-18-17-23(21-13-7-3-8-14-21)22-15-9-4-10-16-22;16-12-11-15(13-7-3-1-4-8-13)14-9-5-2-6-10-14;1-7(9)8-5-3-2-4-6-8;/h2-17,19,24H,18H2,1H3;1-12H;2-7H,9H2,1H3;1H/t19-;;7-;/m1.1./s1. The van der Waals surface area contributed by atoms with Crippen LogP contribution in [0.15, 0.2) is 194 Å². The molecule has 0 amide bonds. The van der Waals surface area contributed by atoms with Gasteiger partial charge in [-0.15, -0.1) is 12.4 Å². The molecule has 3 nitrogen and oxygen atoms in total. The Morgan fingerprint density at radius 3 is 1.16 bits per heavy atom. The summed E-state index contributed by atoms with van der Waals surface area (Å²) in [6.07, 6.45) is 4.71. The normalized spacial score (nSPS) is 11.0. The number of nitrogens with one attached hydrogen (secondary N) is 1. The maximum Gasteiger partial charge on any atom is 0.143 e. The molecular weight excluding hydrogens is 632 g/mol. The third kappa shape index (κ3) is 12.9. The van der Waals surface area contributed by atoms with Crippen molar-refractivity contribution >= 4 is 29.8 Å². The minimum atomic E-state index is 0. The van der Waals surface area contributed by atoms with Crippen LogP contribution in [0.3, 0.4) is 0 Å². The van der Waals surface area contributed by atoms with E-state index < -0.39 is 0 Å². The third-order valence-corrected chi connectivity index (χ3v) is 7.93. The summed E-state index contributed by atoms with van der Waals surface area (Å²) in [6, 6.07) is 62.0. The molecule has 6 rings (SSSR count). The highest BCUT2D eigenvalue weighted by molar-refractivity contribution is 5.89. The molecular formula is C46H47ClN2O. The lowest BCUT2D eigenvalue weighted by atomic mass is 9.97. The van der Waals surface area contributed by atoms with Crippen LogP contribution < -0.4 is 11.1 Å². The number of aldehydes is 1. The van der Waals surface area contributed by atoms with Gasteiger partial charge in [0.15, 0.2) is 0 Å². The highest BCUT2D eigenvalue weighted by Gasteiger charge is 2.06. The monoisotopic (exact) mass is 678 g/mol. The molecule has 50 heavy (non-hydrogen) atoms. The number of hydrogen-bond acceptors (Lipinski definition) is 3. The van der Waals surface area contributed by atoms with Gasteiger partial charge in [-0.1, -0.05) is 188 Å². The summed E-state index contributed by atoms with van der Waals surface area (Å²) in [5.74, 6) is 0. The molecule has 0 saturated carbocycles. The van der Waals surface area contributed by atoms with Crippen LogP contribution in [0.5, 0.6) is 0 Å². The van der Waals surface area contributed by atoms with Gasteiger partial charge in [0.2, 0.25) is 0 Å². The molecule has 4 heteroatoms. The number of carbonyl (C=O) groups is 1. The van der Waals surface area contributed by atoms with Crippen LogP contribution in [0, 0.1) is 0 Å². The van der Waals surface area contributed by atoms with E-state index in [9.17, 15) is 4.79 Å². The zero-order valence-electron chi connectivity index (χ0n) is 28.8. The van der Waals surface area contributed by atoms with E-state index in [2.05, 4.69) is 109 Å². The van der Waals surface area contributed by atoms with Gasteiger partial charge in [0.05, 0.1) is 0 Å². The van der Waals surface area contributed by atoms with Gasteiger partial charge in [-0.05, 0) is 64.5 Å². The highest BCUT2D eigenvalue weighted by atomic mass is 35.5. The number of halogens is 1. The minimum absolute atomic E-state index is 0. The van der Waals surface area contributed by atoms with Crippen molar-refractivity contribution in [3.05, 3.63) is 228 Å². The Labute approximate surface area is 304 Å². The maximum absolute atomic E-state index is 10.7. The number of allylic oxidation sites excluding steroid dienone is 1. The topological polar surface area (TPSA) is 55.1 Å². The van der Waals surface area contributed by atoms with Crippen LogP contribution in [-0.2, 0) is 4.79 Å². The Morgan fingerprint density at radius 2 is 0.840 bits per heavy atom. The molecule has 0 aliphatic heterocycles. The minimum Gasteiger partial charge on any atom is -0.324 e. The summed E-state index contributed by atoms with van der Waals surface area (Å²) in [6.45, 7) is 5.01. The number of benzene rings is 6. The second-order valence-corrected chi connectivity index (χ2v) is 11.5. The first-order valence-electron chi connectivity index (χ1n) is 16.7. The van der Waals surface area contributed by atoms with E-state index >= 15 is 0 Å². The van der Waals surface area contributed by atoms with Crippen LogP contribution in [-0.4, -0.2) is 12.8 Å². The predicted molar refractivity (Wildman–Crippen MR) is 215 cm³/mol. The molecule has 0 saturated heterocycles. The van der Waals surface area contributed by atoms with Crippen LogP contribution in [0.4, 0.5) is 0 Å². The van der Waals surface area contributed by atoms with Crippen molar-refractivity contribution in [3.63, 3.8) is 0 Å². The van der Waals surface area contributed by atoms with E-state index in [0.29, 0.717) is 6.04 Å². The van der Waals surface area contributed by atoms with Crippen molar-refractivity contribution in [1.29, 1.82) is 0 Å². The van der Waals surface area contributed by atoms with Gasteiger partial charge in [-0.2, -0.15) is 0 Å². The van der Waals surface area contributed by atoms with Crippen LogP contribution in [0.1, 0.15) is 59.3 Å². The first-order valence-corrected chi connectivity index (χ1v) is 16.7. The van der Waals surface area contributed by atoms with Gasteiger partial charge in [-0.25, -0.2) is 0 Å². The Morgan fingerprint density at radius 1 is 0.520 bits per heavy atom. The fourth-order valence-electron chi connectivity index (χ4n) is 5.25. The molecule has 3 N–H and O–H groups in total. The van der Waals surface area contributed by atoms with Gasteiger partial charge >= 0.3 is 0 Å². The molecule has 254 valence electrons. The molecule has 0 aromatic heterocycles. The van der Waals surface area contributed by atoms with Crippen LogP contribution >= 0.6 is 12.4 Å². The van der Waals surface area contributed by atoms with E-state index in [-0.39, 0.29) is 18.4 Å². The number of carbonyl (C=O) groups excluding carboxylic acids is 1. The molecule has 0 aliphatic carbocycles. The van der Waals surface area contributed by atoms with E-state index in [1.807, 2.05) is 97.9 Å². The Bertz CT molecular complexity index is 1740. The second kappa shape index (κ2) is 22.3. The lowest BCUT2D eigenvalue weighted by Gasteiger charge is -2.14. The molecule has 0 spiro atoms. The van der Waals surface area contributed by atoms with Gasteiger partial charge in [0.1, 0.15) is 6.29 Å². The van der Waals surface area contributed by atoms with Crippen LogP contribution in [0.2, 0.25) is 0 Å². The van der Waals surface area contributed by atoms with Crippen molar-refractivity contribution in [2.45, 2.75) is 25.9 Å². The summed E-state index contributed by atoms with van der Waals surface area (Å²) >= 11 is 0. The number of rotatable bonds is 10. The molecule has 6 aromatic rings. The second-order valence-electron chi connectivity index (χ2n) is 11.5. The lowest BCUT2D eigenvalue weighted by molar-refractivity contribution is -0.104. The lowest BCUT2D eigenvalue weighted by Crippen LogP contribution is -2.18. The SMILES string of the molecule is C[C@@H](N)c1ccccc1.C[C@@H](NCC=C(c1ccccc1)c1ccccc1)c1ccccc1.Cl.O=CC=C(c1ccccc1)c1ccccc1. The summed E-state index contributed by atoms with van der Waals surface area (Å²) < 4.78 is 0. The Balaban J connectivity index is 0.000000224. The summed E-state index contributed by atoms with van der Waals surface area (Å²) in [5.41, 5.74) is 14.9. The molecule has 0 fully saturated rings. The summed E-state index contributed by atoms with van der Waals surface area (Å²) in [7, 11) is 0. The number of nitrogens with two attached hydrogens (primary N) is 1. The molecule has 2 atom stereocenters. The number of hydrogen-bond donors (Lipinski definition) is 2.